The second kappa shape index (κ2) is 14.1. The summed E-state index contributed by atoms with van der Waals surface area (Å²) in [7, 11) is -1.55. The van der Waals surface area contributed by atoms with Gasteiger partial charge in [-0.1, -0.05) is 42.6 Å². The molecule has 1 saturated carbocycles. The number of hydrogen-bond acceptors (Lipinski definition) is 5. The first-order chi connectivity index (χ1) is 22.3. The number of likely N-dealkylation sites (tertiary alicyclic amines) is 1. The van der Waals surface area contributed by atoms with E-state index in [1.807, 2.05) is 32.9 Å². The topological polar surface area (TPSA) is 135 Å². The van der Waals surface area contributed by atoms with Crippen molar-refractivity contribution < 1.29 is 23.3 Å². The fourth-order valence-corrected chi connectivity index (χ4v) is 6.80. The van der Waals surface area contributed by atoms with Gasteiger partial charge in [-0.3, -0.25) is 4.79 Å². The average molecular weight is 680 g/mol. The molecule has 47 heavy (non-hydrogen) atoms. The summed E-state index contributed by atoms with van der Waals surface area (Å²) in [6, 6.07) is 18.4. The summed E-state index contributed by atoms with van der Waals surface area (Å²) < 4.78 is 31.9. The van der Waals surface area contributed by atoms with Crippen molar-refractivity contribution in [2.75, 3.05) is 17.2 Å². The molecule has 0 aromatic heterocycles. The number of aliphatic hydroxyl groups excluding tert-OH is 1. The molecule has 3 aromatic rings. The Morgan fingerprint density at radius 1 is 1.04 bits per heavy atom. The van der Waals surface area contributed by atoms with Crippen molar-refractivity contribution in [3.05, 3.63) is 94.3 Å². The Morgan fingerprint density at radius 3 is 2.32 bits per heavy atom. The largest absolute Gasteiger partial charge is 0.391 e. The molecule has 2 aliphatic rings. The lowest BCUT2D eigenvalue weighted by Gasteiger charge is -2.38. The highest BCUT2D eigenvalue weighted by Crippen LogP contribution is 2.43. The SMILES string of the molecule is CC(C)(C)[S@](=O)NC(CCC1CC1)(c1ccc(C#N)cc1)c1ccc(F)c(NC(=O)C2CC(O)CN2C(=O)Nc2ccc(Cl)cc2)c1. The number of aliphatic hydroxyl groups is 1. The lowest BCUT2D eigenvalue weighted by molar-refractivity contribution is -0.119. The zero-order valence-electron chi connectivity index (χ0n) is 26.6. The Balaban J connectivity index is 1.48. The molecule has 12 heteroatoms. The van der Waals surface area contributed by atoms with E-state index in [-0.39, 0.29) is 18.7 Å². The van der Waals surface area contributed by atoms with Crippen molar-refractivity contribution in [2.24, 2.45) is 5.92 Å². The van der Waals surface area contributed by atoms with Crippen LogP contribution in [-0.2, 0) is 21.3 Å². The lowest BCUT2D eigenvalue weighted by Crippen LogP contribution is -2.49. The summed E-state index contributed by atoms with van der Waals surface area (Å²) in [5.74, 6) is -0.821. The van der Waals surface area contributed by atoms with Gasteiger partial charge in [0, 0.05) is 23.7 Å². The second-order valence-corrected chi connectivity index (χ2v) is 15.6. The van der Waals surface area contributed by atoms with E-state index in [0.717, 1.165) is 24.8 Å². The van der Waals surface area contributed by atoms with Crippen LogP contribution >= 0.6 is 11.6 Å². The molecule has 3 amide bonds. The maximum Gasteiger partial charge on any atom is 0.322 e. The third-order valence-corrected chi connectivity index (χ3v) is 10.5. The highest BCUT2D eigenvalue weighted by atomic mass is 35.5. The van der Waals surface area contributed by atoms with Crippen LogP contribution in [0.4, 0.5) is 20.6 Å². The maximum absolute atomic E-state index is 15.5. The van der Waals surface area contributed by atoms with Gasteiger partial charge < -0.3 is 20.6 Å². The highest BCUT2D eigenvalue weighted by molar-refractivity contribution is 7.84. The Morgan fingerprint density at radius 2 is 1.70 bits per heavy atom. The molecule has 248 valence electrons. The molecule has 4 atom stereocenters. The number of nitrogens with zero attached hydrogens (tertiary/aromatic N) is 2. The van der Waals surface area contributed by atoms with Gasteiger partial charge >= 0.3 is 6.03 Å². The minimum Gasteiger partial charge on any atom is -0.391 e. The summed E-state index contributed by atoms with van der Waals surface area (Å²) >= 11 is 5.94. The first kappa shape index (κ1) is 34.5. The zero-order chi connectivity index (χ0) is 33.9. The van der Waals surface area contributed by atoms with Crippen LogP contribution in [0.25, 0.3) is 0 Å². The Hall–Kier alpha value is -3.82. The van der Waals surface area contributed by atoms with Gasteiger partial charge in [0.1, 0.15) is 11.9 Å². The summed E-state index contributed by atoms with van der Waals surface area (Å²) in [5, 5.41) is 25.7. The molecule has 2 fully saturated rings. The van der Waals surface area contributed by atoms with E-state index in [4.69, 9.17) is 11.6 Å². The van der Waals surface area contributed by atoms with E-state index in [2.05, 4.69) is 21.4 Å². The molecular weight excluding hydrogens is 641 g/mol. The normalized spacial score (nSPS) is 19.8. The quantitative estimate of drug-likeness (QED) is 0.196. The van der Waals surface area contributed by atoms with Crippen molar-refractivity contribution in [2.45, 2.75) is 75.3 Å². The number of carbonyl (C=O) groups is 2. The molecule has 1 heterocycles. The number of halogens is 2. The first-order valence-electron chi connectivity index (χ1n) is 15.6. The van der Waals surface area contributed by atoms with Crippen molar-refractivity contribution in [3.63, 3.8) is 0 Å². The smallest absolute Gasteiger partial charge is 0.322 e. The van der Waals surface area contributed by atoms with Crippen LogP contribution in [0.5, 0.6) is 0 Å². The Kier molecular flexibility index (Phi) is 10.4. The van der Waals surface area contributed by atoms with E-state index in [9.17, 15) is 24.2 Å². The third-order valence-electron chi connectivity index (χ3n) is 8.61. The number of anilines is 2. The van der Waals surface area contributed by atoms with Gasteiger partial charge in [0.15, 0.2) is 0 Å². The van der Waals surface area contributed by atoms with Crippen LogP contribution in [0.3, 0.4) is 0 Å². The van der Waals surface area contributed by atoms with E-state index in [1.165, 1.54) is 17.0 Å². The second-order valence-electron chi connectivity index (χ2n) is 13.2. The minimum absolute atomic E-state index is 0.0239. The monoisotopic (exact) mass is 679 g/mol. The molecule has 4 N–H and O–H groups in total. The highest BCUT2D eigenvalue weighted by Gasteiger charge is 2.42. The van der Waals surface area contributed by atoms with E-state index >= 15 is 4.39 Å². The number of β-amino-alcohol motifs (C(OH)–C–C–N with tert-alkyl or cyclic N) is 1. The fraction of sp³-hybridized carbons (Fsp3) is 0.400. The minimum atomic E-state index is -1.55. The van der Waals surface area contributed by atoms with Gasteiger partial charge in [-0.15, -0.1) is 0 Å². The molecule has 0 bridgehead atoms. The summed E-state index contributed by atoms with van der Waals surface area (Å²) in [6.07, 6.45) is 2.60. The predicted octanol–water partition coefficient (Wildman–Crippen LogP) is 6.44. The van der Waals surface area contributed by atoms with Gasteiger partial charge in [0.05, 0.1) is 44.7 Å². The number of urea groups is 1. The third kappa shape index (κ3) is 8.19. The molecule has 0 spiro atoms. The molecule has 1 aliphatic carbocycles. The molecule has 0 radical (unpaired) electrons. The zero-order valence-corrected chi connectivity index (χ0v) is 28.1. The molecule has 1 saturated heterocycles. The van der Waals surface area contributed by atoms with Gasteiger partial charge in [0.25, 0.3) is 0 Å². The number of nitrogens with one attached hydrogen (secondary N) is 3. The van der Waals surface area contributed by atoms with Crippen LogP contribution in [0.2, 0.25) is 5.02 Å². The number of nitriles is 1. The summed E-state index contributed by atoms with van der Waals surface area (Å²) in [4.78, 5) is 28.0. The molecule has 3 unspecified atom stereocenters. The fourth-order valence-electron chi connectivity index (χ4n) is 5.71. The maximum atomic E-state index is 15.5. The van der Waals surface area contributed by atoms with E-state index < -0.39 is 51.2 Å². The lowest BCUT2D eigenvalue weighted by atomic mass is 9.79. The van der Waals surface area contributed by atoms with Crippen LogP contribution in [-0.4, -0.2) is 49.6 Å². The Bertz CT molecular complexity index is 1690. The van der Waals surface area contributed by atoms with Crippen LogP contribution in [0.15, 0.2) is 66.7 Å². The van der Waals surface area contributed by atoms with Gasteiger partial charge in [-0.2, -0.15) is 5.26 Å². The predicted molar refractivity (Wildman–Crippen MR) is 182 cm³/mol. The van der Waals surface area contributed by atoms with E-state index in [1.54, 1.807) is 42.5 Å². The number of carbonyl (C=O) groups excluding carboxylic acids is 2. The van der Waals surface area contributed by atoms with Crippen LogP contribution in [0, 0.1) is 23.1 Å². The molecule has 3 aromatic carbocycles. The molecule has 1 aliphatic heterocycles. The van der Waals surface area contributed by atoms with Gasteiger partial charge in [0.2, 0.25) is 5.91 Å². The van der Waals surface area contributed by atoms with Crippen molar-refractivity contribution in [1.82, 2.24) is 9.62 Å². The number of benzene rings is 3. The van der Waals surface area contributed by atoms with Crippen molar-refractivity contribution >= 4 is 45.9 Å². The standard InChI is InChI=1S/C35H39ClFN5O4S/c1-34(2,3)47(46)41-35(17-16-22-4-5-22,24-8-6-23(20-38)7-9-24)25-10-15-29(37)30(18-25)40-32(44)31-19-28(43)21-42(31)33(45)39-27-13-11-26(36)12-14-27/h6-15,18,22,28,31,41,43H,4-5,16-17,19,21H2,1-3H3,(H,39,45)(H,40,44)/t28?,31?,35?,47-/m0/s1. The van der Waals surface area contributed by atoms with Gasteiger partial charge in [-0.25, -0.2) is 18.1 Å². The van der Waals surface area contributed by atoms with Crippen LogP contribution < -0.4 is 15.4 Å². The molecule has 9 nitrogen and oxygen atoms in total. The summed E-state index contributed by atoms with van der Waals surface area (Å²) in [5.41, 5.74) is 1.11. The van der Waals surface area contributed by atoms with Crippen LogP contribution in [0.1, 0.15) is 69.6 Å². The average Bonchev–Trinajstić information content (AvgIpc) is 3.79. The van der Waals surface area contributed by atoms with Gasteiger partial charge in [-0.05, 0) is 99.2 Å². The number of hydrogen-bond donors (Lipinski definition) is 4. The molecule has 5 rings (SSSR count). The molecular formula is C35H39ClFN5O4S. The Labute approximate surface area is 282 Å². The van der Waals surface area contributed by atoms with Crippen molar-refractivity contribution in [1.29, 1.82) is 5.26 Å². The number of rotatable bonds is 10. The van der Waals surface area contributed by atoms with E-state index in [0.29, 0.717) is 34.2 Å². The van der Waals surface area contributed by atoms with Crippen molar-refractivity contribution in [3.8, 4) is 6.07 Å². The number of amides is 3. The first-order valence-corrected chi connectivity index (χ1v) is 17.1. The summed E-state index contributed by atoms with van der Waals surface area (Å²) in [6.45, 7) is 5.51.